The lowest BCUT2D eigenvalue weighted by Gasteiger charge is -2.42. The Morgan fingerprint density at radius 2 is 2.00 bits per heavy atom. The average Bonchev–Trinajstić information content (AvgIpc) is 2.86. The minimum absolute atomic E-state index is 0.544. The standard InChI is InChI=1S/C15H18N2O/c16-10-14(15(18)7-8-17-11-15)6-5-12-3-1-2-4-13(12)9-14/h1-4,17-18H,5-9,11H2. The molecule has 0 saturated carbocycles. The van der Waals surface area contributed by atoms with Gasteiger partial charge < -0.3 is 10.4 Å². The highest BCUT2D eigenvalue weighted by Gasteiger charge is 2.53. The molecular formula is C15H18N2O. The summed E-state index contributed by atoms with van der Waals surface area (Å²) in [6, 6.07) is 10.7. The second-order valence-corrected chi connectivity index (χ2v) is 5.60. The highest BCUT2D eigenvalue weighted by Crippen LogP contribution is 2.45. The van der Waals surface area contributed by atoms with Crippen LogP contribution < -0.4 is 5.32 Å². The van der Waals surface area contributed by atoms with E-state index in [-0.39, 0.29) is 0 Å². The third-order valence-corrected chi connectivity index (χ3v) is 4.67. The molecule has 0 spiro atoms. The van der Waals surface area contributed by atoms with Crippen LogP contribution in [0.5, 0.6) is 0 Å². The number of benzene rings is 1. The van der Waals surface area contributed by atoms with Gasteiger partial charge in [-0.3, -0.25) is 0 Å². The lowest BCUT2D eigenvalue weighted by atomic mass is 9.62. The van der Waals surface area contributed by atoms with Crippen molar-refractivity contribution in [1.82, 2.24) is 5.32 Å². The van der Waals surface area contributed by atoms with Crippen LogP contribution in [0.15, 0.2) is 24.3 Å². The van der Waals surface area contributed by atoms with Gasteiger partial charge in [-0.15, -0.1) is 0 Å². The van der Waals surface area contributed by atoms with Gasteiger partial charge in [-0.05, 0) is 43.4 Å². The van der Waals surface area contributed by atoms with Crippen LogP contribution in [0.1, 0.15) is 24.0 Å². The minimum Gasteiger partial charge on any atom is -0.387 e. The lowest BCUT2D eigenvalue weighted by molar-refractivity contribution is -0.0450. The summed E-state index contributed by atoms with van der Waals surface area (Å²) in [6.45, 7) is 1.35. The SMILES string of the molecule is N#CC1(C2(O)CCNC2)CCc2ccccc2C1. The lowest BCUT2D eigenvalue weighted by Crippen LogP contribution is -2.52. The molecular weight excluding hydrogens is 224 g/mol. The quantitative estimate of drug-likeness (QED) is 0.783. The molecule has 0 aromatic heterocycles. The van der Waals surface area contributed by atoms with E-state index in [1.165, 1.54) is 11.1 Å². The molecule has 1 aliphatic carbocycles. The van der Waals surface area contributed by atoms with Crippen LogP contribution >= 0.6 is 0 Å². The van der Waals surface area contributed by atoms with Crippen molar-refractivity contribution in [3.63, 3.8) is 0 Å². The Bertz CT molecular complexity index is 499. The topological polar surface area (TPSA) is 56.0 Å². The second kappa shape index (κ2) is 4.08. The normalized spacial score (nSPS) is 34.9. The van der Waals surface area contributed by atoms with E-state index in [1.54, 1.807) is 0 Å². The van der Waals surface area contributed by atoms with Crippen molar-refractivity contribution in [2.75, 3.05) is 13.1 Å². The third kappa shape index (κ3) is 1.57. The number of hydrogen-bond donors (Lipinski definition) is 2. The molecule has 1 saturated heterocycles. The zero-order valence-electron chi connectivity index (χ0n) is 10.4. The van der Waals surface area contributed by atoms with E-state index in [2.05, 4.69) is 23.5 Å². The van der Waals surface area contributed by atoms with E-state index in [1.807, 2.05) is 12.1 Å². The van der Waals surface area contributed by atoms with Gasteiger partial charge in [-0.25, -0.2) is 0 Å². The molecule has 18 heavy (non-hydrogen) atoms. The van der Waals surface area contributed by atoms with Gasteiger partial charge >= 0.3 is 0 Å². The van der Waals surface area contributed by atoms with Crippen LogP contribution in [0.2, 0.25) is 0 Å². The van der Waals surface area contributed by atoms with Crippen molar-refractivity contribution in [1.29, 1.82) is 5.26 Å². The second-order valence-electron chi connectivity index (χ2n) is 5.60. The van der Waals surface area contributed by atoms with Gasteiger partial charge in [-0.2, -0.15) is 5.26 Å². The van der Waals surface area contributed by atoms with Crippen LogP contribution in [-0.2, 0) is 12.8 Å². The van der Waals surface area contributed by atoms with Crippen LogP contribution in [0, 0.1) is 16.7 Å². The molecule has 2 unspecified atom stereocenters. The van der Waals surface area contributed by atoms with Gasteiger partial charge in [0.2, 0.25) is 0 Å². The Kier molecular flexibility index (Phi) is 2.65. The van der Waals surface area contributed by atoms with Crippen LogP contribution in [0.4, 0.5) is 0 Å². The van der Waals surface area contributed by atoms with Crippen LogP contribution in [0.3, 0.4) is 0 Å². The van der Waals surface area contributed by atoms with E-state index >= 15 is 0 Å². The summed E-state index contributed by atoms with van der Waals surface area (Å²) in [7, 11) is 0. The first-order chi connectivity index (χ1) is 8.69. The minimum atomic E-state index is -0.866. The van der Waals surface area contributed by atoms with E-state index in [0.717, 1.165) is 19.4 Å². The van der Waals surface area contributed by atoms with E-state index in [9.17, 15) is 10.4 Å². The summed E-state index contributed by atoms with van der Waals surface area (Å²) in [4.78, 5) is 0. The largest absolute Gasteiger partial charge is 0.387 e. The molecule has 3 nitrogen and oxygen atoms in total. The number of rotatable bonds is 1. The monoisotopic (exact) mass is 242 g/mol. The molecule has 0 bridgehead atoms. The van der Waals surface area contributed by atoms with E-state index in [4.69, 9.17) is 0 Å². The molecule has 2 atom stereocenters. The molecule has 0 amide bonds. The van der Waals surface area contributed by atoms with Gasteiger partial charge in [0.15, 0.2) is 0 Å². The fraction of sp³-hybridized carbons (Fsp3) is 0.533. The molecule has 1 aliphatic heterocycles. The van der Waals surface area contributed by atoms with Crippen LogP contribution in [0.25, 0.3) is 0 Å². The Labute approximate surface area is 107 Å². The maximum atomic E-state index is 10.8. The van der Waals surface area contributed by atoms with Gasteiger partial charge in [-0.1, -0.05) is 24.3 Å². The zero-order valence-corrected chi connectivity index (χ0v) is 10.4. The number of aryl methyl sites for hydroxylation is 1. The zero-order chi connectivity index (χ0) is 12.6. The predicted molar refractivity (Wildman–Crippen MR) is 68.9 cm³/mol. The van der Waals surface area contributed by atoms with Crippen molar-refractivity contribution >= 4 is 0 Å². The van der Waals surface area contributed by atoms with Gasteiger partial charge in [0, 0.05) is 6.54 Å². The Morgan fingerprint density at radius 3 is 2.67 bits per heavy atom. The molecule has 1 fully saturated rings. The van der Waals surface area contributed by atoms with E-state index in [0.29, 0.717) is 19.4 Å². The summed E-state index contributed by atoms with van der Waals surface area (Å²) in [5.41, 5.74) is 1.07. The summed E-state index contributed by atoms with van der Waals surface area (Å²) >= 11 is 0. The molecule has 94 valence electrons. The first kappa shape index (κ1) is 11.7. The van der Waals surface area contributed by atoms with Crippen molar-refractivity contribution in [2.45, 2.75) is 31.3 Å². The Balaban J connectivity index is 1.99. The van der Waals surface area contributed by atoms with Crippen molar-refractivity contribution in [2.24, 2.45) is 5.41 Å². The number of nitrogens with one attached hydrogen (secondary N) is 1. The number of aliphatic hydroxyl groups is 1. The van der Waals surface area contributed by atoms with Gasteiger partial charge in [0.25, 0.3) is 0 Å². The number of nitriles is 1. The molecule has 3 heteroatoms. The van der Waals surface area contributed by atoms with Crippen molar-refractivity contribution < 1.29 is 5.11 Å². The first-order valence-corrected chi connectivity index (χ1v) is 6.60. The fourth-order valence-corrected chi connectivity index (χ4v) is 3.42. The molecule has 3 rings (SSSR count). The van der Waals surface area contributed by atoms with Crippen LogP contribution in [-0.4, -0.2) is 23.8 Å². The van der Waals surface area contributed by atoms with Crippen molar-refractivity contribution in [3.05, 3.63) is 35.4 Å². The number of β-amino-alcohol motifs (C(OH)–C–C–N with tert-alkyl or cyclic N) is 1. The highest BCUT2D eigenvalue weighted by atomic mass is 16.3. The van der Waals surface area contributed by atoms with Gasteiger partial charge in [0.05, 0.1) is 17.1 Å². The molecule has 2 N–H and O–H groups in total. The Hall–Kier alpha value is -1.37. The Morgan fingerprint density at radius 1 is 1.22 bits per heavy atom. The first-order valence-electron chi connectivity index (χ1n) is 6.60. The number of fused-ring (bicyclic) bond motifs is 1. The summed E-state index contributed by atoms with van der Waals surface area (Å²) in [6.07, 6.45) is 3.02. The molecule has 1 heterocycles. The summed E-state index contributed by atoms with van der Waals surface area (Å²) < 4.78 is 0. The summed E-state index contributed by atoms with van der Waals surface area (Å²) in [5, 5.41) is 23.7. The third-order valence-electron chi connectivity index (χ3n) is 4.67. The highest BCUT2D eigenvalue weighted by molar-refractivity contribution is 5.35. The smallest absolute Gasteiger partial charge is 0.0972 e. The summed E-state index contributed by atoms with van der Waals surface area (Å²) in [5.74, 6) is 0. The maximum absolute atomic E-state index is 10.8. The van der Waals surface area contributed by atoms with Gasteiger partial charge in [0.1, 0.15) is 0 Å². The van der Waals surface area contributed by atoms with Crippen molar-refractivity contribution in [3.8, 4) is 6.07 Å². The number of nitrogens with zero attached hydrogens (tertiary/aromatic N) is 1. The predicted octanol–water partition coefficient (Wildman–Crippen LogP) is 1.41. The maximum Gasteiger partial charge on any atom is 0.0972 e. The van der Waals surface area contributed by atoms with E-state index < -0.39 is 11.0 Å². The number of hydrogen-bond acceptors (Lipinski definition) is 3. The molecule has 2 aliphatic rings. The molecule has 0 radical (unpaired) electrons. The molecule has 1 aromatic carbocycles. The fourth-order valence-electron chi connectivity index (χ4n) is 3.42. The molecule has 1 aromatic rings. The average molecular weight is 242 g/mol.